The van der Waals surface area contributed by atoms with E-state index in [1.165, 1.54) is 5.56 Å². The summed E-state index contributed by atoms with van der Waals surface area (Å²) in [7, 11) is 1.67. The first-order valence-corrected chi connectivity index (χ1v) is 7.88. The second-order valence-electron chi connectivity index (χ2n) is 6.01. The first-order valence-electron chi connectivity index (χ1n) is 7.88. The lowest BCUT2D eigenvalue weighted by atomic mass is 9.92. The van der Waals surface area contributed by atoms with Crippen LogP contribution >= 0.6 is 0 Å². The monoisotopic (exact) mass is 310 g/mol. The Morgan fingerprint density at radius 1 is 1.26 bits per heavy atom. The fraction of sp³-hybridized carbons (Fsp3) is 0.300. The average Bonchev–Trinajstić information content (AvgIpc) is 2.85. The third-order valence-corrected chi connectivity index (χ3v) is 4.50. The second kappa shape index (κ2) is 6.37. The molecule has 2 unspecified atom stereocenters. The number of phenols is 1. The first-order chi connectivity index (χ1) is 11.1. The minimum atomic E-state index is 0.0803. The summed E-state index contributed by atoms with van der Waals surface area (Å²) >= 11 is 0. The molecule has 0 saturated carbocycles. The quantitative estimate of drug-likeness (QED) is 0.840. The zero-order valence-electron chi connectivity index (χ0n) is 13.6. The van der Waals surface area contributed by atoms with Gasteiger partial charge in [0.25, 0.3) is 0 Å². The van der Waals surface area contributed by atoms with E-state index in [0.717, 1.165) is 29.0 Å². The molecule has 3 rings (SSSR count). The van der Waals surface area contributed by atoms with Crippen molar-refractivity contribution in [3.63, 3.8) is 0 Å². The zero-order chi connectivity index (χ0) is 16.4. The molecule has 3 heteroatoms. The average molecular weight is 310 g/mol. The lowest BCUT2D eigenvalue weighted by Crippen LogP contribution is -2.19. The molecule has 1 heterocycles. The van der Waals surface area contributed by atoms with Gasteiger partial charge in [-0.05, 0) is 36.2 Å². The summed E-state index contributed by atoms with van der Waals surface area (Å²) in [5.74, 6) is 2.31. The van der Waals surface area contributed by atoms with Crippen LogP contribution in [0.3, 0.4) is 0 Å². The van der Waals surface area contributed by atoms with E-state index in [2.05, 4.69) is 25.6 Å². The minimum absolute atomic E-state index is 0.0803. The topological polar surface area (TPSA) is 38.7 Å². The summed E-state index contributed by atoms with van der Waals surface area (Å²) in [6.45, 7) is 5.87. The van der Waals surface area contributed by atoms with Gasteiger partial charge in [0.2, 0.25) is 0 Å². The molecule has 2 aromatic rings. The molecule has 0 aromatic heterocycles. The van der Waals surface area contributed by atoms with E-state index in [1.54, 1.807) is 13.2 Å². The van der Waals surface area contributed by atoms with E-state index in [9.17, 15) is 5.11 Å². The maximum absolute atomic E-state index is 10.1. The molecule has 0 bridgehead atoms. The number of methoxy groups -OCH3 is 1. The smallest absolute Gasteiger partial charge is 0.123 e. The van der Waals surface area contributed by atoms with Crippen LogP contribution < -0.4 is 9.47 Å². The van der Waals surface area contributed by atoms with Crippen molar-refractivity contribution < 1.29 is 14.6 Å². The van der Waals surface area contributed by atoms with Gasteiger partial charge in [-0.2, -0.15) is 0 Å². The van der Waals surface area contributed by atoms with Crippen molar-refractivity contribution in [3.05, 3.63) is 65.7 Å². The highest BCUT2D eigenvalue weighted by molar-refractivity contribution is 5.50. The van der Waals surface area contributed by atoms with Crippen LogP contribution in [-0.2, 0) is 12.8 Å². The molecular weight excluding hydrogens is 288 g/mol. The Kier molecular flexibility index (Phi) is 4.28. The molecule has 2 atom stereocenters. The van der Waals surface area contributed by atoms with Crippen molar-refractivity contribution in [2.45, 2.75) is 31.8 Å². The third kappa shape index (κ3) is 3.04. The summed E-state index contributed by atoms with van der Waals surface area (Å²) in [6.07, 6.45) is 3.34. The molecule has 2 aromatic carbocycles. The van der Waals surface area contributed by atoms with Crippen LogP contribution in [0.4, 0.5) is 0 Å². The molecule has 0 spiro atoms. The summed E-state index contributed by atoms with van der Waals surface area (Å²) in [4.78, 5) is 0. The van der Waals surface area contributed by atoms with Crippen molar-refractivity contribution in [1.29, 1.82) is 0 Å². The number of ether oxygens (including phenoxy) is 2. The van der Waals surface area contributed by atoms with Gasteiger partial charge in [-0.3, -0.25) is 0 Å². The van der Waals surface area contributed by atoms with Crippen molar-refractivity contribution in [2.24, 2.45) is 0 Å². The minimum Gasteiger partial charge on any atom is -0.508 e. The Labute approximate surface area is 137 Å². The third-order valence-electron chi connectivity index (χ3n) is 4.50. The molecule has 1 aliphatic rings. The molecule has 23 heavy (non-hydrogen) atoms. The van der Waals surface area contributed by atoms with Gasteiger partial charge < -0.3 is 14.6 Å². The molecule has 3 nitrogen and oxygen atoms in total. The van der Waals surface area contributed by atoms with Gasteiger partial charge in [0.15, 0.2) is 0 Å². The SMILES string of the molecule is C=CCc1cc2c(cc1O)C(C)C(Cc1ccc(OC)cc1)O2. The highest BCUT2D eigenvalue weighted by atomic mass is 16.5. The maximum Gasteiger partial charge on any atom is 0.123 e. The molecule has 0 saturated heterocycles. The Morgan fingerprint density at radius 2 is 2.00 bits per heavy atom. The zero-order valence-corrected chi connectivity index (χ0v) is 13.6. The number of hydrogen-bond acceptors (Lipinski definition) is 3. The molecule has 0 fully saturated rings. The Bertz CT molecular complexity index is 704. The molecule has 0 amide bonds. The van der Waals surface area contributed by atoms with Gasteiger partial charge in [-0.1, -0.05) is 25.1 Å². The standard InChI is InChI=1S/C20H22O3/c1-4-5-15-11-20-17(12-18(15)21)13(2)19(23-20)10-14-6-8-16(22-3)9-7-14/h4,6-9,11-13,19,21H,1,5,10H2,2-3H3. The van der Waals surface area contributed by atoms with Crippen LogP contribution in [0, 0.1) is 0 Å². The van der Waals surface area contributed by atoms with Crippen LogP contribution in [-0.4, -0.2) is 18.3 Å². The molecular formula is C20H22O3. The first kappa shape index (κ1) is 15.5. The highest BCUT2D eigenvalue weighted by Gasteiger charge is 2.32. The summed E-state index contributed by atoms with van der Waals surface area (Å²) < 4.78 is 11.3. The maximum atomic E-state index is 10.1. The van der Waals surface area contributed by atoms with Crippen molar-refractivity contribution >= 4 is 0 Å². The van der Waals surface area contributed by atoms with Gasteiger partial charge in [0.05, 0.1) is 7.11 Å². The van der Waals surface area contributed by atoms with E-state index in [1.807, 2.05) is 24.3 Å². The predicted molar refractivity (Wildman–Crippen MR) is 91.5 cm³/mol. The van der Waals surface area contributed by atoms with Crippen molar-refractivity contribution in [1.82, 2.24) is 0 Å². The Balaban J connectivity index is 1.79. The lowest BCUT2D eigenvalue weighted by Gasteiger charge is -2.15. The molecule has 120 valence electrons. The van der Waals surface area contributed by atoms with E-state index < -0.39 is 0 Å². The van der Waals surface area contributed by atoms with E-state index in [0.29, 0.717) is 12.2 Å². The Morgan fingerprint density at radius 3 is 2.65 bits per heavy atom. The van der Waals surface area contributed by atoms with Gasteiger partial charge >= 0.3 is 0 Å². The van der Waals surface area contributed by atoms with E-state index >= 15 is 0 Å². The summed E-state index contributed by atoms with van der Waals surface area (Å²) in [5.41, 5.74) is 3.15. The lowest BCUT2D eigenvalue weighted by molar-refractivity contribution is 0.211. The second-order valence-corrected chi connectivity index (χ2v) is 6.01. The fourth-order valence-electron chi connectivity index (χ4n) is 3.08. The van der Waals surface area contributed by atoms with E-state index in [4.69, 9.17) is 9.47 Å². The fourth-order valence-corrected chi connectivity index (χ4v) is 3.08. The van der Waals surface area contributed by atoms with Gasteiger partial charge in [-0.25, -0.2) is 0 Å². The highest BCUT2D eigenvalue weighted by Crippen LogP contribution is 2.42. The molecule has 0 radical (unpaired) electrons. The number of phenolic OH excluding ortho intramolecular Hbond substituents is 1. The predicted octanol–water partition coefficient (Wildman–Crippen LogP) is 4.24. The molecule has 1 N–H and O–H groups in total. The molecule has 1 aliphatic heterocycles. The Hall–Kier alpha value is -2.42. The van der Waals surface area contributed by atoms with Crippen LogP contribution in [0.5, 0.6) is 17.2 Å². The van der Waals surface area contributed by atoms with Crippen LogP contribution in [0.15, 0.2) is 49.1 Å². The number of benzene rings is 2. The van der Waals surface area contributed by atoms with Gasteiger partial charge in [-0.15, -0.1) is 6.58 Å². The largest absolute Gasteiger partial charge is 0.508 e. The van der Waals surface area contributed by atoms with Crippen LogP contribution in [0.2, 0.25) is 0 Å². The van der Waals surface area contributed by atoms with Crippen molar-refractivity contribution in [3.8, 4) is 17.2 Å². The summed E-state index contributed by atoms with van der Waals surface area (Å²) in [6, 6.07) is 11.9. The van der Waals surface area contributed by atoms with Crippen molar-refractivity contribution in [2.75, 3.05) is 7.11 Å². The number of rotatable bonds is 5. The number of fused-ring (bicyclic) bond motifs is 1. The number of hydrogen-bond donors (Lipinski definition) is 1. The van der Waals surface area contributed by atoms with E-state index in [-0.39, 0.29) is 12.0 Å². The number of aromatic hydroxyl groups is 1. The normalized spacial score (nSPS) is 19.0. The molecule has 0 aliphatic carbocycles. The summed E-state index contributed by atoms with van der Waals surface area (Å²) in [5, 5.41) is 10.1. The van der Waals surface area contributed by atoms with Gasteiger partial charge in [0.1, 0.15) is 23.4 Å². The van der Waals surface area contributed by atoms with Crippen LogP contribution in [0.1, 0.15) is 29.5 Å². The number of allylic oxidation sites excluding steroid dienone is 1. The van der Waals surface area contributed by atoms with Crippen LogP contribution in [0.25, 0.3) is 0 Å². The van der Waals surface area contributed by atoms with Gasteiger partial charge in [0, 0.05) is 23.5 Å².